The van der Waals surface area contributed by atoms with Crippen LogP contribution in [0.3, 0.4) is 0 Å². The topological polar surface area (TPSA) is 38.9 Å². The summed E-state index contributed by atoms with van der Waals surface area (Å²) in [5.41, 5.74) is 1.22. The van der Waals surface area contributed by atoms with Crippen molar-refractivity contribution >= 4 is 23.9 Å². The summed E-state index contributed by atoms with van der Waals surface area (Å²) in [6.07, 6.45) is 1.65. The number of nitrogens with zero attached hydrogens (tertiary/aromatic N) is 2. The molecule has 50 valence electrons. The zero-order valence-corrected chi connectivity index (χ0v) is 5.76. The highest BCUT2D eigenvalue weighted by Gasteiger charge is 1.94. The summed E-state index contributed by atoms with van der Waals surface area (Å²) in [7, 11) is 0. The lowest BCUT2D eigenvalue weighted by atomic mass is 10.5. The first kappa shape index (κ1) is 5.61. The molecule has 0 saturated heterocycles. The van der Waals surface area contributed by atoms with Gasteiger partial charge in [-0.3, -0.25) is 0 Å². The third-order valence-electron chi connectivity index (χ3n) is 1.15. The third-order valence-corrected chi connectivity index (χ3v) is 1.32. The van der Waals surface area contributed by atoms with Gasteiger partial charge < -0.3 is 17.0 Å². The summed E-state index contributed by atoms with van der Waals surface area (Å²) in [5.74, 6) is 0. The second-order valence-corrected chi connectivity index (χ2v) is 2.15. The number of aromatic nitrogens is 2. The third kappa shape index (κ3) is 0.733. The molecule has 3 nitrogen and oxygen atoms in total. The van der Waals surface area contributed by atoms with Crippen LogP contribution in [0.5, 0.6) is 0 Å². The molecule has 0 aliphatic rings. The van der Waals surface area contributed by atoms with E-state index in [4.69, 9.17) is 17.0 Å². The maximum Gasteiger partial charge on any atom is 0.197 e. The normalized spacial score (nSPS) is 10.4. The van der Waals surface area contributed by atoms with Gasteiger partial charge in [-0.1, -0.05) is 0 Å². The molecule has 0 unspecified atom stereocenters. The Morgan fingerprint density at radius 2 is 2.40 bits per heavy atom. The van der Waals surface area contributed by atoms with Crippen LogP contribution in [0.25, 0.3) is 11.2 Å². The van der Waals surface area contributed by atoms with Crippen LogP contribution in [0.2, 0.25) is 0 Å². The van der Waals surface area contributed by atoms with E-state index in [0.717, 1.165) is 0 Å². The predicted octanol–water partition coefficient (Wildman–Crippen LogP) is 1.13. The summed E-state index contributed by atoms with van der Waals surface area (Å²) in [6, 6.07) is 3.56. The Morgan fingerprint density at radius 3 is 3.20 bits per heavy atom. The molecule has 0 saturated carbocycles. The van der Waals surface area contributed by atoms with Crippen molar-refractivity contribution in [1.82, 2.24) is 9.97 Å². The minimum Gasteiger partial charge on any atom is -0.721 e. The molecule has 0 aromatic carbocycles. The first-order valence-electron chi connectivity index (χ1n) is 2.75. The van der Waals surface area contributed by atoms with E-state index in [-0.39, 0.29) is 5.22 Å². The molecule has 10 heavy (non-hydrogen) atoms. The Bertz CT molecular complexity index is 324. The predicted molar refractivity (Wildman–Crippen MR) is 37.4 cm³/mol. The van der Waals surface area contributed by atoms with E-state index >= 15 is 0 Å². The van der Waals surface area contributed by atoms with E-state index in [9.17, 15) is 0 Å². The van der Waals surface area contributed by atoms with Crippen molar-refractivity contribution in [2.45, 2.75) is 5.22 Å². The molecule has 2 rings (SSSR count). The molecular weight excluding hydrogens is 148 g/mol. The lowest BCUT2D eigenvalue weighted by Crippen LogP contribution is -1.72. The number of fused-ring (bicyclic) bond motifs is 1. The highest BCUT2D eigenvalue weighted by molar-refractivity contribution is 7.58. The Kier molecular flexibility index (Phi) is 1.07. The van der Waals surface area contributed by atoms with E-state index in [1.54, 1.807) is 18.3 Å². The summed E-state index contributed by atoms with van der Waals surface area (Å²) < 4.78 is 5.01. The van der Waals surface area contributed by atoms with Gasteiger partial charge in [-0.2, -0.15) is 0 Å². The van der Waals surface area contributed by atoms with Crippen LogP contribution < -0.4 is 0 Å². The molecule has 0 bridgehead atoms. The lowest BCUT2D eigenvalue weighted by molar-refractivity contribution is 0.491. The van der Waals surface area contributed by atoms with Gasteiger partial charge in [0.25, 0.3) is 0 Å². The van der Waals surface area contributed by atoms with E-state index in [1.165, 1.54) is 0 Å². The van der Waals surface area contributed by atoms with Gasteiger partial charge in [0.05, 0.1) is 5.22 Å². The van der Waals surface area contributed by atoms with Crippen LogP contribution in [0, 0.1) is 0 Å². The van der Waals surface area contributed by atoms with Crippen molar-refractivity contribution in [1.29, 1.82) is 0 Å². The zero-order chi connectivity index (χ0) is 6.97. The summed E-state index contributed by atoms with van der Waals surface area (Å²) in [6.45, 7) is 0. The Hall–Kier alpha value is -1.16. The molecule has 0 amide bonds. The van der Waals surface area contributed by atoms with E-state index < -0.39 is 0 Å². The van der Waals surface area contributed by atoms with Crippen molar-refractivity contribution < 1.29 is 4.42 Å². The Balaban J connectivity index is 2.88. The second-order valence-electron chi connectivity index (χ2n) is 1.80. The van der Waals surface area contributed by atoms with Crippen molar-refractivity contribution in [3.8, 4) is 0 Å². The maximum absolute atomic E-state index is 5.01. The van der Waals surface area contributed by atoms with Gasteiger partial charge in [0.1, 0.15) is 0 Å². The van der Waals surface area contributed by atoms with Crippen molar-refractivity contribution in [3.05, 3.63) is 18.3 Å². The quantitative estimate of drug-likeness (QED) is 0.529. The van der Waals surface area contributed by atoms with E-state index in [1.807, 2.05) is 0 Å². The van der Waals surface area contributed by atoms with Gasteiger partial charge in [-0.05, 0) is 12.1 Å². The van der Waals surface area contributed by atoms with Crippen LogP contribution in [0.1, 0.15) is 0 Å². The van der Waals surface area contributed by atoms with Gasteiger partial charge in [0, 0.05) is 6.20 Å². The van der Waals surface area contributed by atoms with Gasteiger partial charge >= 0.3 is 0 Å². The first-order valence-corrected chi connectivity index (χ1v) is 3.15. The molecule has 2 aromatic heterocycles. The van der Waals surface area contributed by atoms with Gasteiger partial charge in [0.15, 0.2) is 11.2 Å². The van der Waals surface area contributed by atoms with Crippen LogP contribution in [-0.4, -0.2) is 9.97 Å². The molecule has 4 heteroatoms. The average molecular weight is 151 g/mol. The monoisotopic (exact) mass is 151 g/mol. The highest BCUT2D eigenvalue weighted by atomic mass is 32.1. The molecule has 0 N–H and O–H groups in total. The van der Waals surface area contributed by atoms with Gasteiger partial charge in [-0.25, -0.2) is 9.97 Å². The number of hydrogen-bond acceptors (Lipinski definition) is 4. The zero-order valence-electron chi connectivity index (χ0n) is 4.94. The fraction of sp³-hybridized carbons (Fsp3) is 0. The Morgan fingerprint density at radius 1 is 1.50 bits per heavy atom. The van der Waals surface area contributed by atoms with E-state index in [2.05, 4.69) is 9.97 Å². The smallest absolute Gasteiger partial charge is 0.197 e. The molecular formula is C6H3N2OS-. The van der Waals surface area contributed by atoms with Crippen molar-refractivity contribution in [3.63, 3.8) is 0 Å². The molecule has 2 heterocycles. The lowest BCUT2D eigenvalue weighted by Gasteiger charge is -1.87. The summed E-state index contributed by atoms with van der Waals surface area (Å²) in [4.78, 5) is 7.78. The van der Waals surface area contributed by atoms with E-state index in [0.29, 0.717) is 11.2 Å². The number of pyridine rings is 1. The standard InChI is InChI=1S/C6H4N2OS/c10-6-8-5-4(9-6)2-1-3-7-5/h1-3H,(H,7,8,10)/p-1. The number of hydrogen-bond donors (Lipinski definition) is 0. The first-order chi connectivity index (χ1) is 4.86. The average Bonchev–Trinajstić information content (AvgIpc) is 2.27. The van der Waals surface area contributed by atoms with Crippen LogP contribution in [0.4, 0.5) is 0 Å². The molecule has 0 fully saturated rings. The molecule has 0 radical (unpaired) electrons. The molecule has 0 aliphatic heterocycles. The Labute approximate surface area is 62.5 Å². The minimum absolute atomic E-state index is 0.244. The minimum atomic E-state index is 0.244. The molecule has 0 atom stereocenters. The molecule has 2 aromatic rings. The summed E-state index contributed by atoms with van der Waals surface area (Å²) >= 11 is 4.70. The van der Waals surface area contributed by atoms with Gasteiger partial charge in [-0.15, -0.1) is 0 Å². The second kappa shape index (κ2) is 1.91. The van der Waals surface area contributed by atoms with Crippen LogP contribution >= 0.6 is 0 Å². The van der Waals surface area contributed by atoms with Gasteiger partial charge in [0.2, 0.25) is 0 Å². The van der Waals surface area contributed by atoms with Crippen LogP contribution in [0.15, 0.2) is 28.0 Å². The SMILES string of the molecule is [S-]c1nc2ncccc2o1. The van der Waals surface area contributed by atoms with Crippen LogP contribution in [-0.2, 0) is 12.6 Å². The molecule has 0 spiro atoms. The fourth-order valence-electron chi connectivity index (χ4n) is 0.749. The number of oxazole rings is 1. The summed E-state index contributed by atoms with van der Waals surface area (Å²) in [5, 5.41) is 0.244. The maximum atomic E-state index is 5.01. The largest absolute Gasteiger partial charge is 0.721 e. The van der Waals surface area contributed by atoms with Crippen molar-refractivity contribution in [2.24, 2.45) is 0 Å². The highest BCUT2D eigenvalue weighted by Crippen LogP contribution is 2.10. The number of rotatable bonds is 0. The van der Waals surface area contributed by atoms with Crippen molar-refractivity contribution in [2.75, 3.05) is 0 Å². The fourth-order valence-corrected chi connectivity index (χ4v) is 0.925. The molecule has 0 aliphatic carbocycles.